The molecular formula is C27H44N2O9. The Kier molecular flexibility index (Phi) is 17.7. The summed E-state index contributed by atoms with van der Waals surface area (Å²) in [6.07, 6.45) is 10.9. The normalized spacial score (nSPS) is 13.4. The van der Waals surface area contributed by atoms with Gasteiger partial charge in [0.2, 0.25) is 6.79 Å². The van der Waals surface area contributed by atoms with Gasteiger partial charge in [0, 0.05) is 12.1 Å². The van der Waals surface area contributed by atoms with Crippen molar-refractivity contribution in [3.05, 3.63) is 39.9 Å². The van der Waals surface area contributed by atoms with E-state index in [9.17, 15) is 35.0 Å². The second-order valence-corrected chi connectivity index (χ2v) is 9.45. The second-order valence-electron chi connectivity index (χ2n) is 9.45. The monoisotopic (exact) mass is 540 g/mol. The highest BCUT2D eigenvalue weighted by Gasteiger charge is 2.27. The summed E-state index contributed by atoms with van der Waals surface area (Å²) in [6, 6.07) is 3.52. The fourth-order valence-corrected chi connectivity index (χ4v) is 4.00. The summed E-state index contributed by atoms with van der Waals surface area (Å²) in [5.41, 5.74) is -0.157. The van der Waals surface area contributed by atoms with Crippen molar-refractivity contribution in [3.63, 3.8) is 0 Å². The maximum Gasteiger partial charge on any atom is 0.410 e. The predicted molar refractivity (Wildman–Crippen MR) is 142 cm³/mol. The quantitative estimate of drug-likeness (QED) is 0.0572. The van der Waals surface area contributed by atoms with Crippen molar-refractivity contribution in [2.75, 3.05) is 13.4 Å². The second kappa shape index (κ2) is 20.2. The molecule has 0 aliphatic rings. The van der Waals surface area contributed by atoms with Crippen molar-refractivity contribution in [1.82, 2.24) is 5.32 Å². The maximum atomic E-state index is 11.9. The Bertz CT molecular complexity index is 804. The zero-order valence-electron chi connectivity index (χ0n) is 22.4. The molecule has 1 rings (SSSR count). The molecule has 38 heavy (non-hydrogen) atoms. The molecule has 0 saturated carbocycles. The van der Waals surface area contributed by atoms with Gasteiger partial charge in [-0.2, -0.15) is 0 Å². The third kappa shape index (κ3) is 14.3. The number of alkyl carbamates (subject to hydrolysis) is 1. The first-order valence-electron chi connectivity index (χ1n) is 13.6. The van der Waals surface area contributed by atoms with Crippen LogP contribution < -0.4 is 5.32 Å². The Morgan fingerprint density at radius 3 is 1.92 bits per heavy atom. The minimum Gasteiger partial charge on any atom is -0.424 e. The Labute approximate surface area is 224 Å². The standard InChI is InChI=1S/C27H44N2O9/c1-2-3-4-5-6-7-8-9-10-11-12-13-14-24(31)25(32)23(19-30)28-27(34)38-20-37-26(33)21-15-17-22(18-16-21)29(35)36/h15-18,23-25,30-32H,2-14,19-20H2,1H3,(H,28,34). The average Bonchev–Trinajstić information content (AvgIpc) is 2.91. The van der Waals surface area contributed by atoms with E-state index in [1.54, 1.807) is 0 Å². The topological polar surface area (TPSA) is 168 Å². The lowest BCUT2D eigenvalue weighted by atomic mass is 9.99. The number of carbonyl (C=O) groups is 2. The molecule has 11 heteroatoms. The molecule has 0 aliphatic heterocycles. The summed E-state index contributed by atoms with van der Waals surface area (Å²) >= 11 is 0. The van der Waals surface area contributed by atoms with Crippen LogP contribution in [-0.4, -0.2) is 64.0 Å². The number of rotatable bonds is 21. The van der Waals surface area contributed by atoms with Crippen LogP contribution in [0.4, 0.5) is 10.5 Å². The molecule has 1 aromatic rings. The van der Waals surface area contributed by atoms with Crippen LogP contribution in [0.1, 0.15) is 101 Å². The van der Waals surface area contributed by atoms with Crippen molar-refractivity contribution in [1.29, 1.82) is 0 Å². The number of aliphatic hydroxyl groups excluding tert-OH is 3. The van der Waals surface area contributed by atoms with Gasteiger partial charge in [-0.3, -0.25) is 10.1 Å². The first-order valence-corrected chi connectivity index (χ1v) is 13.6. The lowest BCUT2D eigenvalue weighted by molar-refractivity contribution is -0.384. The first kappa shape index (κ1) is 33.3. The molecule has 0 fully saturated rings. The van der Waals surface area contributed by atoms with E-state index in [1.807, 2.05) is 0 Å². The fraction of sp³-hybridized carbons (Fsp3) is 0.704. The van der Waals surface area contributed by atoms with Crippen molar-refractivity contribution in [3.8, 4) is 0 Å². The lowest BCUT2D eigenvalue weighted by Crippen LogP contribution is -2.50. The Balaban J connectivity index is 2.19. The lowest BCUT2D eigenvalue weighted by Gasteiger charge is -2.26. The third-order valence-electron chi connectivity index (χ3n) is 6.35. The molecule has 3 unspecified atom stereocenters. The van der Waals surface area contributed by atoms with Crippen LogP contribution >= 0.6 is 0 Å². The van der Waals surface area contributed by atoms with Gasteiger partial charge in [0.15, 0.2) is 0 Å². The van der Waals surface area contributed by atoms with Gasteiger partial charge in [-0.15, -0.1) is 0 Å². The Morgan fingerprint density at radius 2 is 1.42 bits per heavy atom. The van der Waals surface area contributed by atoms with E-state index in [0.29, 0.717) is 6.42 Å². The number of ether oxygens (including phenoxy) is 2. The first-order chi connectivity index (χ1) is 18.3. The number of benzene rings is 1. The zero-order valence-corrected chi connectivity index (χ0v) is 22.4. The molecule has 0 aliphatic carbocycles. The molecule has 216 valence electrons. The van der Waals surface area contributed by atoms with Crippen molar-refractivity contribution < 1.29 is 39.3 Å². The molecular weight excluding hydrogens is 496 g/mol. The number of non-ortho nitro benzene ring substituents is 1. The summed E-state index contributed by atoms with van der Waals surface area (Å²) in [5, 5.41) is 43.0. The summed E-state index contributed by atoms with van der Waals surface area (Å²) in [7, 11) is 0. The van der Waals surface area contributed by atoms with Crippen molar-refractivity contribution in [2.24, 2.45) is 0 Å². The highest BCUT2D eigenvalue weighted by molar-refractivity contribution is 5.89. The van der Waals surface area contributed by atoms with Crippen LogP contribution in [0, 0.1) is 10.1 Å². The van der Waals surface area contributed by atoms with E-state index < -0.39 is 48.6 Å². The number of nitrogens with one attached hydrogen (secondary N) is 1. The number of carbonyl (C=O) groups excluding carboxylic acids is 2. The number of aliphatic hydroxyl groups is 3. The highest BCUT2D eigenvalue weighted by Crippen LogP contribution is 2.15. The molecule has 3 atom stereocenters. The number of nitro benzene ring substituents is 1. The van der Waals surface area contributed by atoms with E-state index in [2.05, 4.69) is 12.2 Å². The highest BCUT2D eigenvalue weighted by atomic mass is 16.7. The molecule has 0 heterocycles. The average molecular weight is 541 g/mol. The minimum absolute atomic E-state index is 0.0317. The molecule has 0 saturated heterocycles. The summed E-state index contributed by atoms with van der Waals surface area (Å²) in [4.78, 5) is 33.9. The molecule has 0 radical (unpaired) electrons. The van der Waals surface area contributed by atoms with Crippen molar-refractivity contribution in [2.45, 2.75) is 109 Å². The van der Waals surface area contributed by atoms with Crippen LogP contribution in [0.3, 0.4) is 0 Å². The van der Waals surface area contributed by atoms with E-state index in [0.717, 1.165) is 37.8 Å². The molecule has 4 N–H and O–H groups in total. The van der Waals surface area contributed by atoms with Gasteiger partial charge in [0.1, 0.15) is 6.10 Å². The van der Waals surface area contributed by atoms with Crippen LogP contribution in [0.25, 0.3) is 0 Å². The Morgan fingerprint density at radius 1 is 0.895 bits per heavy atom. The number of hydrogen-bond donors (Lipinski definition) is 4. The number of unbranched alkanes of at least 4 members (excludes halogenated alkanes) is 11. The Hall–Kier alpha value is -2.76. The molecule has 0 spiro atoms. The summed E-state index contributed by atoms with van der Waals surface area (Å²) in [5.74, 6) is -0.857. The summed E-state index contributed by atoms with van der Waals surface area (Å²) in [6.45, 7) is 0.836. The van der Waals surface area contributed by atoms with Crippen LogP contribution in [0.15, 0.2) is 24.3 Å². The van der Waals surface area contributed by atoms with Crippen molar-refractivity contribution >= 4 is 17.7 Å². The van der Waals surface area contributed by atoms with Crippen LogP contribution in [0.5, 0.6) is 0 Å². The van der Waals surface area contributed by atoms with Gasteiger partial charge >= 0.3 is 12.1 Å². The van der Waals surface area contributed by atoms with Gasteiger partial charge in [-0.05, 0) is 18.6 Å². The molecule has 1 aromatic carbocycles. The van der Waals surface area contributed by atoms with E-state index in [-0.39, 0.29) is 11.3 Å². The van der Waals surface area contributed by atoms with Gasteiger partial charge in [0.05, 0.1) is 29.2 Å². The van der Waals surface area contributed by atoms with Gasteiger partial charge in [0.25, 0.3) is 5.69 Å². The van der Waals surface area contributed by atoms with E-state index >= 15 is 0 Å². The molecule has 0 aromatic heterocycles. The summed E-state index contributed by atoms with van der Waals surface area (Å²) < 4.78 is 9.51. The third-order valence-corrected chi connectivity index (χ3v) is 6.35. The van der Waals surface area contributed by atoms with Gasteiger partial charge < -0.3 is 30.1 Å². The number of hydrogen-bond acceptors (Lipinski definition) is 9. The number of nitrogens with zero attached hydrogens (tertiary/aromatic N) is 1. The maximum absolute atomic E-state index is 11.9. The fourth-order valence-electron chi connectivity index (χ4n) is 4.00. The molecule has 0 bridgehead atoms. The van der Waals surface area contributed by atoms with Crippen LogP contribution in [-0.2, 0) is 9.47 Å². The minimum atomic E-state index is -1.40. The molecule has 1 amide bonds. The predicted octanol–water partition coefficient (Wildman–Crippen LogP) is 4.61. The number of esters is 1. The number of nitro groups is 1. The van der Waals surface area contributed by atoms with E-state index in [4.69, 9.17) is 9.47 Å². The van der Waals surface area contributed by atoms with Gasteiger partial charge in [-0.1, -0.05) is 84.0 Å². The zero-order chi connectivity index (χ0) is 28.2. The smallest absolute Gasteiger partial charge is 0.410 e. The van der Waals surface area contributed by atoms with Gasteiger partial charge in [-0.25, -0.2) is 9.59 Å². The largest absolute Gasteiger partial charge is 0.424 e. The van der Waals surface area contributed by atoms with Crippen LogP contribution in [0.2, 0.25) is 0 Å². The SMILES string of the molecule is CCCCCCCCCCCCCCC(O)C(O)C(CO)NC(=O)OCOC(=O)c1ccc([N+](=O)[O-])cc1. The van der Waals surface area contributed by atoms with E-state index in [1.165, 1.54) is 63.5 Å². The number of amides is 1. The molecule has 11 nitrogen and oxygen atoms in total.